The fourth-order valence-corrected chi connectivity index (χ4v) is 1.46. The second-order valence-corrected chi connectivity index (χ2v) is 5.37. The lowest BCUT2D eigenvalue weighted by molar-refractivity contribution is -0.149. The van der Waals surface area contributed by atoms with Crippen LogP contribution in [0.3, 0.4) is 0 Å². The second-order valence-electron chi connectivity index (χ2n) is 5.37. The topological polar surface area (TPSA) is 95.5 Å². The van der Waals surface area contributed by atoms with Crippen molar-refractivity contribution in [1.29, 1.82) is 0 Å². The third kappa shape index (κ3) is 3.44. The van der Waals surface area contributed by atoms with Gasteiger partial charge < -0.3 is 15.7 Å². The molecule has 1 fully saturated rings. The van der Waals surface area contributed by atoms with Gasteiger partial charge in [0.15, 0.2) is 0 Å². The number of aliphatic carboxylic acids is 1. The molecule has 0 saturated heterocycles. The van der Waals surface area contributed by atoms with Crippen LogP contribution in [0, 0.1) is 5.41 Å². The van der Waals surface area contributed by atoms with Crippen molar-refractivity contribution in [3.8, 4) is 0 Å². The van der Waals surface area contributed by atoms with Crippen LogP contribution in [0.2, 0.25) is 0 Å². The number of carbonyl (C=O) groups is 3. The first kappa shape index (κ1) is 13.5. The van der Waals surface area contributed by atoms with E-state index in [2.05, 4.69) is 10.6 Å². The van der Waals surface area contributed by atoms with Crippen molar-refractivity contribution in [2.24, 2.45) is 5.41 Å². The molecule has 0 aliphatic heterocycles. The molecule has 0 unspecified atom stereocenters. The number of carboxylic acids is 1. The van der Waals surface area contributed by atoms with Crippen LogP contribution >= 0.6 is 0 Å². The maximum atomic E-state index is 11.6. The number of hydrogen-bond donors (Lipinski definition) is 3. The Morgan fingerprint density at radius 3 is 2.12 bits per heavy atom. The minimum atomic E-state index is -1.29. The molecule has 0 spiro atoms. The summed E-state index contributed by atoms with van der Waals surface area (Å²) in [5.74, 6) is -2.02. The van der Waals surface area contributed by atoms with Gasteiger partial charge in [-0.15, -0.1) is 0 Å². The van der Waals surface area contributed by atoms with Gasteiger partial charge in [0.05, 0.1) is 6.54 Å². The Balaban J connectivity index is 2.40. The van der Waals surface area contributed by atoms with Gasteiger partial charge in [0.2, 0.25) is 11.8 Å². The SMILES string of the molecule is CC(C)(C)NC(=O)CNC(=O)C1(C(=O)O)CC1. The molecule has 0 radical (unpaired) electrons. The first-order chi connectivity index (χ1) is 7.67. The van der Waals surface area contributed by atoms with Crippen molar-refractivity contribution in [1.82, 2.24) is 10.6 Å². The minimum Gasteiger partial charge on any atom is -0.480 e. The lowest BCUT2D eigenvalue weighted by atomic mass is 10.1. The molecular weight excluding hydrogens is 224 g/mol. The normalized spacial score (nSPS) is 17.1. The van der Waals surface area contributed by atoms with Gasteiger partial charge >= 0.3 is 5.97 Å². The van der Waals surface area contributed by atoms with Crippen LogP contribution in [0.1, 0.15) is 33.6 Å². The van der Waals surface area contributed by atoms with Crippen LogP contribution in [-0.2, 0) is 14.4 Å². The number of rotatable bonds is 4. The number of carboxylic acid groups (broad SMARTS) is 1. The van der Waals surface area contributed by atoms with Crippen LogP contribution in [0.4, 0.5) is 0 Å². The van der Waals surface area contributed by atoms with Gasteiger partial charge in [0.1, 0.15) is 5.41 Å². The Kier molecular flexibility index (Phi) is 3.45. The van der Waals surface area contributed by atoms with E-state index in [0.717, 1.165) is 0 Å². The third-order valence-corrected chi connectivity index (χ3v) is 2.52. The average Bonchev–Trinajstić information content (AvgIpc) is 2.91. The van der Waals surface area contributed by atoms with Crippen LogP contribution in [-0.4, -0.2) is 35.0 Å². The molecule has 0 heterocycles. The van der Waals surface area contributed by atoms with E-state index >= 15 is 0 Å². The van der Waals surface area contributed by atoms with Crippen molar-refractivity contribution in [2.75, 3.05) is 6.54 Å². The minimum absolute atomic E-state index is 0.189. The molecule has 1 aliphatic rings. The highest BCUT2D eigenvalue weighted by Gasteiger charge is 2.57. The van der Waals surface area contributed by atoms with E-state index in [1.165, 1.54) is 0 Å². The summed E-state index contributed by atoms with van der Waals surface area (Å²) in [4.78, 5) is 33.8. The Morgan fingerprint density at radius 1 is 1.24 bits per heavy atom. The molecule has 17 heavy (non-hydrogen) atoms. The first-order valence-electron chi connectivity index (χ1n) is 5.50. The van der Waals surface area contributed by atoms with Gasteiger partial charge in [-0.1, -0.05) is 0 Å². The molecule has 96 valence electrons. The Morgan fingerprint density at radius 2 is 1.76 bits per heavy atom. The number of hydrogen-bond acceptors (Lipinski definition) is 3. The molecule has 0 bridgehead atoms. The van der Waals surface area contributed by atoms with Crippen LogP contribution in [0.25, 0.3) is 0 Å². The summed E-state index contributed by atoms with van der Waals surface area (Å²) in [7, 11) is 0. The molecule has 1 aliphatic carbocycles. The lowest BCUT2D eigenvalue weighted by Gasteiger charge is -2.20. The molecule has 0 aromatic heterocycles. The predicted octanol–water partition coefficient (Wildman–Crippen LogP) is -0.118. The van der Waals surface area contributed by atoms with Crippen molar-refractivity contribution in [3.63, 3.8) is 0 Å². The van der Waals surface area contributed by atoms with Gasteiger partial charge in [-0.05, 0) is 33.6 Å². The van der Waals surface area contributed by atoms with E-state index in [1.807, 2.05) is 20.8 Å². The fraction of sp³-hybridized carbons (Fsp3) is 0.727. The lowest BCUT2D eigenvalue weighted by Crippen LogP contribution is -2.47. The van der Waals surface area contributed by atoms with Crippen molar-refractivity contribution < 1.29 is 19.5 Å². The first-order valence-corrected chi connectivity index (χ1v) is 5.50. The molecule has 1 saturated carbocycles. The summed E-state index contributed by atoms with van der Waals surface area (Å²) >= 11 is 0. The molecule has 3 N–H and O–H groups in total. The van der Waals surface area contributed by atoms with E-state index in [4.69, 9.17) is 5.11 Å². The second kappa shape index (κ2) is 4.35. The zero-order chi connectivity index (χ0) is 13.3. The monoisotopic (exact) mass is 242 g/mol. The number of carbonyl (C=O) groups excluding carboxylic acids is 2. The van der Waals surface area contributed by atoms with Crippen LogP contribution in [0.15, 0.2) is 0 Å². The van der Waals surface area contributed by atoms with Gasteiger partial charge in [0.25, 0.3) is 0 Å². The number of amides is 2. The van der Waals surface area contributed by atoms with Crippen molar-refractivity contribution in [3.05, 3.63) is 0 Å². The summed E-state index contributed by atoms with van der Waals surface area (Å²) < 4.78 is 0. The molecule has 0 aromatic carbocycles. The fourth-order valence-electron chi connectivity index (χ4n) is 1.46. The van der Waals surface area contributed by atoms with Crippen LogP contribution < -0.4 is 10.6 Å². The maximum absolute atomic E-state index is 11.6. The zero-order valence-electron chi connectivity index (χ0n) is 10.3. The van der Waals surface area contributed by atoms with Gasteiger partial charge in [-0.3, -0.25) is 14.4 Å². The molecule has 0 atom stereocenters. The van der Waals surface area contributed by atoms with Crippen molar-refractivity contribution in [2.45, 2.75) is 39.2 Å². The third-order valence-electron chi connectivity index (χ3n) is 2.52. The van der Waals surface area contributed by atoms with Gasteiger partial charge in [-0.25, -0.2) is 0 Å². The molecule has 2 amide bonds. The summed E-state index contributed by atoms with van der Waals surface area (Å²) in [5.41, 5.74) is -1.66. The van der Waals surface area contributed by atoms with E-state index in [1.54, 1.807) is 0 Å². The smallest absolute Gasteiger partial charge is 0.319 e. The highest BCUT2D eigenvalue weighted by Crippen LogP contribution is 2.45. The summed E-state index contributed by atoms with van der Waals surface area (Å²) in [5, 5.41) is 13.9. The van der Waals surface area contributed by atoms with Crippen LogP contribution in [0.5, 0.6) is 0 Å². The summed E-state index contributed by atoms with van der Waals surface area (Å²) in [6, 6.07) is 0. The quantitative estimate of drug-likeness (QED) is 0.599. The standard InChI is InChI=1S/C11H18N2O4/c1-10(2,3)13-7(14)6-12-8(15)11(4-5-11)9(16)17/h4-6H2,1-3H3,(H,12,15)(H,13,14)(H,16,17). The van der Waals surface area contributed by atoms with E-state index in [-0.39, 0.29) is 18.0 Å². The molecule has 0 aromatic rings. The predicted molar refractivity (Wildman–Crippen MR) is 60.2 cm³/mol. The maximum Gasteiger partial charge on any atom is 0.319 e. The molecule has 6 heteroatoms. The van der Waals surface area contributed by atoms with Gasteiger partial charge in [0, 0.05) is 5.54 Å². The Bertz CT molecular complexity index is 353. The Hall–Kier alpha value is -1.59. The molecular formula is C11H18N2O4. The van der Waals surface area contributed by atoms with Crippen molar-refractivity contribution >= 4 is 17.8 Å². The zero-order valence-corrected chi connectivity index (χ0v) is 10.3. The Labute approximate surface area is 99.8 Å². The largest absolute Gasteiger partial charge is 0.480 e. The van der Waals surface area contributed by atoms with Gasteiger partial charge in [-0.2, -0.15) is 0 Å². The summed E-state index contributed by atoms with van der Waals surface area (Å²) in [6.45, 7) is 5.29. The highest BCUT2D eigenvalue weighted by atomic mass is 16.4. The average molecular weight is 242 g/mol. The van der Waals surface area contributed by atoms with E-state index in [9.17, 15) is 14.4 Å². The highest BCUT2D eigenvalue weighted by molar-refractivity contribution is 6.05. The van der Waals surface area contributed by atoms with E-state index < -0.39 is 17.3 Å². The van der Waals surface area contributed by atoms with E-state index in [0.29, 0.717) is 12.8 Å². The molecule has 6 nitrogen and oxygen atoms in total. The number of nitrogens with one attached hydrogen (secondary N) is 2. The summed E-state index contributed by atoms with van der Waals surface area (Å²) in [6.07, 6.45) is 0.685. The molecule has 1 rings (SSSR count).